The molecule has 4 heteroatoms. The minimum atomic E-state index is -0.406. The molecule has 0 radical (unpaired) electrons. The summed E-state index contributed by atoms with van der Waals surface area (Å²) in [5, 5.41) is 0. The maximum Gasteiger partial charge on any atom is 0.410 e. The molecule has 2 aliphatic rings. The molecule has 1 amide bonds. The molecular weight excluding hydrogens is 204 g/mol. The topological polar surface area (TPSA) is 55.6 Å². The molecule has 4 nitrogen and oxygen atoms in total. The highest BCUT2D eigenvalue weighted by molar-refractivity contribution is 5.68. The van der Waals surface area contributed by atoms with E-state index in [9.17, 15) is 4.79 Å². The van der Waals surface area contributed by atoms with Crippen LogP contribution in [-0.2, 0) is 4.74 Å². The molecule has 0 aromatic rings. The Hall–Kier alpha value is -0.770. The fourth-order valence-corrected chi connectivity index (χ4v) is 2.78. The molecule has 0 aromatic carbocycles. The van der Waals surface area contributed by atoms with E-state index >= 15 is 0 Å². The molecule has 0 bridgehead atoms. The Bertz CT molecular complexity index is 285. The molecule has 0 aromatic heterocycles. The SMILES string of the molecule is CC(C)(C)OC(=O)N1C[C@H]2CC[C@@H](N)[C@H]2C1. The lowest BCUT2D eigenvalue weighted by atomic mass is 9.98. The lowest BCUT2D eigenvalue weighted by molar-refractivity contribution is 0.0279. The van der Waals surface area contributed by atoms with Gasteiger partial charge in [0, 0.05) is 19.1 Å². The molecule has 2 N–H and O–H groups in total. The first-order valence-corrected chi connectivity index (χ1v) is 6.10. The fourth-order valence-electron chi connectivity index (χ4n) is 2.78. The number of amides is 1. The van der Waals surface area contributed by atoms with Gasteiger partial charge in [0.05, 0.1) is 0 Å². The summed E-state index contributed by atoms with van der Waals surface area (Å²) >= 11 is 0. The minimum absolute atomic E-state index is 0.186. The Morgan fingerprint density at radius 3 is 2.56 bits per heavy atom. The monoisotopic (exact) mass is 226 g/mol. The van der Waals surface area contributed by atoms with E-state index in [1.165, 1.54) is 0 Å². The summed E-state index contributed by atoms with van der Waals surface area (Å²) < 4.78 is 5.37. The highest BCUT2D eigenvalue weighted by atomic mass is 16.6. The molecule has 16 heavy (non-hydrogen) atoms. The van der Waals surface area contributed by atoms with Gasteiger partial charge in [0.1, 0.15) is 5.60 Å². The standard InChI is InChI=1S/C12H22N2O2/c1-12(2,3)16-11(15)14-6-8-4-5-10(13)9(8)7-14/h8-10H,4-7,13H2,1-3H3/t8-,9+,10-/m1/s1. The molecule has 0 spiro atoms. The second-order valence-electron chi connectivity index (χ2n) is 6.05. The third-order valence-corrected chi connectivity index (χ3v) is 3.56. The maximum absolute atomic E-state index is 11.9. The molecule has 1 aliphatic carbocycles. The van der Waals surface area contributed by atoms with Crippen molar-refractivity contribution in [1.29, 1.82) is 0 Å². The second-order valence-corrected chi connectivity index (χ2v) is 6.05. The van der Waals surface area contributed by atoms with E-state index in [-0.39, 0.29) is 12.1 Å². The summed E-state index contributed by atoms with van der Waals surface area (Å²) in [6, 6.07) is 0.275. The first-order chi connectivity index (χ1) is 7.37. The first-order valence-electron chi connectivity index (χ1n) is 6.10. The van der Waals surface area contributed by atoms with Crippen molar-refractivity contribution in [2.75, 3.05) is 13.1 Å². The molecule has 1 heterocycles. The molecule has 1 saturated carbocycles. The van der Waals surface area contributed by atoms with Crippen molar-refractivity contribution in [3.63, 3.8) is 0 Å². The van der Waals surface area contributed by atoms with Crippen LogP contribution < -0.4 is 5.73 Å². The van der Waals surface area contributed by atoms with Crippen LogP contribution in [0.25, 0.3) is 0 Å². The van der Waals surface area contributed by atoms with E-state index in [4.69, 9.17) is 10.5 Å². The van der Waals surface area contributed by atoms with Crippen LogP contribution in [0.4, 0.5) is 4.79 Å². The van der Waals surface area contributed by atoms with Crippen molar-refractivity contribution in [3.8, 4) is 0 Å². The van der Waals surface area contributed by atoms with Crippen molar-refractivity contribution in [3.05, 3.63) is 0 Å². The Morgan fingerprint density at radius 1 is 1.31 bits per heavy atom. The molecule has 2 fully saturated rings. The second kappa shape index (κ2) is 3.91. The number of rotatable bonds is 0. The van der Waals surface area contributed by atoms with Gasteiger partial charge in [-0.05, 0) is 45.4 Å². The molecule has 0 unspecified atom stereocenters. The number of ether oxygens (including phenoxy) is 1. The van der Waals surface area contributed by atoms with E-state index in [0.717, 1.165) is 25.9 Å². The van der Waals surface area contributed by atoms with Crippen molar-refractivity contribution in [2.45, 2.75) is 45.3 Å². The minimum Gasteiger partial charge on any atom is -0.444 e. The average Bonchev–Trinajstić information content (AvgIpc) is 2.65. The van der Waals surface area contributed by atoms with E-state index in [1.807, 2.05) is 25.7 Å². The van der Waals surface area contributed by atoms with E-state index < -0.39 is 5.60 Å². The zero-order valence-corrected chi connectivity index (χ0v) is 10.4. The van der Waals surface area contributed by atoms with E-state index in [1.54, 1.807) is 0 Å². The molecule has 3 atom stereocenters. The fraction of sp³-hybridized carbons (Fsp3) is 0.917. The smallest absolute Gasteiger partial charge is 0.410 e. The average molecular weight is 226 g/mol. The Kier molecular flexibility index (Phi) is 2.86. The van der Waals surface area contributed by atoms with Gasteiger partial charge in [-0.15, -0.1) is 0 Å². The van der Waals surface area contributed by atoms with Gasteiger partial charge >= 0.3 is 6.09 Å². The normalized spacial score (nSPS) is 34.0. The lowest BCUT2D eigenvalue weighted by Gasteiger charge is -2.25. The maximum atomic E-state index is 11.9. The summed E-state index contributed by atoms with van der Waals surface area (Å²) in [7, 11) is 0. The third kappa shape index (κ3) is 2.32. The van der Waals surface area contributed by atoms with Crippen molar-refractivity contribution in [2.24, 2.45) is 17.6 Å². The van der Waals surface area contributed by atoms with Gasteiger partial charge < -0.3 is 15.4 Å². The van der Waals surface area contributed by atoms with Crippen molar-refractivity contribution < 1.29 is 9.53 Å². The van der Waals surface area contributed by atoms with Crippen molar-refractivity contribution >= 4 is 6.09 Å². The van der Waals surface area contributed by atoms with Crippen LogP contribution in [0.3, 0.4) is 0 Å². The molecule has 92 valence electrons. The molecule has 2 rings (SSSR count). The van der Waals surface area contributed by atoms with E-state index in [2.05, 4.69) is 0 Å². The largest absolute Gasteiger partial charge is 0.444 e. The summed E-state index contributed by atoms with van der Waals surface area (Å²) in [5.74, 6) is 1.09. The predicted octanol–water partition coefficient (Wildman–Crippen LogP) is 1.59. The van der Waals surface area contributed by atoms with Gasteiger partial charge in [0.25, 0.3) is 0 Å². The Balaban J connectivity index is 1.92. The van der Waals surface area contributed by atoms with Crippen molar-refractivity contribution in [1.82, 2.24) is 4.90 Å². The first kappa shape index (κ1) is 11.7. The Morgan fingerprint density at radius 2 is 2.00 bits per heavy atom. The predicted molar refractivity (Wildman–Crippen MR) is 62.0 cm³/mol. The summed E-state index contributed by atoms with van der Waals surface area (Å²) in [4.78, 5) is 13.7. The quantitative estimate of drug-likeness (QED) is 0.682. The number of fused-ring (bicyclic) bond motifs is 1. The zero-order valence-electron chi connectivity index (χ0n) is 10.4. The number of nitrogens with two attached hydrogens (primary N) is 1. The number of hydrogen-bond donors (Lipinski definition) is 1. The number of carbonyl (C=O) groups is 1. The van der Waals surface area contributed by atoms with Crippen LogP contribution in [0.1, 0.15) is 33.6 Å². The molecule has 1 aliphatic heterocycles. The highest BCUT2D eigenvalue weighted by Gasteiger charge is 2.43. The third-order valence-electron chi connectivity index (χ3n) is 3.56. The van der Waals surface area contributed by atoms with E-state index in [0.29, 0.717) is 11.8 Å². The number of likely N-dealkylation sites (tertiary alicyclic amines) is 1. The van der Waals surface area contributed by atoms with Crippen LogP contribution in [0.5, 0.6) is 0 Å². The highest BCUT2D eigenvalue weighted by Crippen LogP contribution is 2.37. The Labute approximate surface area is 97.1 Å². The molecular formula is C12H22N2O2. The van der Waals surface area contributed by atoms with Gasteiger partial charge in [0.2, 0.25) is 0 Å². The van der Waals surface area contributed by atoms with Gasteiger partial charge in [-0.3, -0.25) is 0 Å². The van der Waals surface area contributed by atoms with Crippen LogP contribution in [0, 0.1) is 11.8 Å². The number of carbonyl (C=O) groups excluding carboxylic acids is 1. The lowest BCUT2D eigenvalue weighted by Crippen LogP contribution is -2.37. The molecule has 1 saturated heterocycles. The van der Waals surface area contributed by atoms with Gasteiger partial charge in [-0.25, -0.2) is 4.79 Å². The number of nitrogens with zero attached hydrogens (tertiary/aromatic N) is 1. The van der Waals surface area contributed by atoms with Gasteiger partial charge in [0.15, 0.2) is 0 Å². The summed E-state index contributed by atoms with van der Waals surface area (Å²) in [6.45, 7) is 7.29. The summed E-state index contributed by atoms with van der Waals surface area (Å²) in [5.41, 5.74) is 5.62. The number of hydrogen-bond acceptors (Lipinski definition) is 3. The zero-order chi connectivity index (χ0) is 11.9. The van der Waals surface area contributed by atoms with Crippen LogP contribution in [0.2, 0.25) is 0 Å². The van der Waals surface area contributed by atoms with Gasteiger partial charge in [-0.1, -0.05) is 0 Å². The van der Waals surface area contributed by atoms with Crippen LogP contribution >= 0.6 is 0 Å². The summed E-state index contributed by atoms with van der Waals surface area (Å²) in [6.07, 6.45) is 2.08. The van der Waals surface area contributed by atoms with Crippen LogP contribution in [-0.4, -0.2) is 35.7 Å². The van der Waals surface area contributed by atoms with Crippen LogP contribution in [0.15, 0.2) is 0 Å². The van der Waals surface area contributed by atoms with Gasteiger partial charge in [-0.2, -0.15) is 0 Å².